The van der Waals surface area contributed by atoms with Crippen LogP contribution in [0.3, 0.4) is 0 Å². The lowest BCUT2D eigenvalue weighted by Crippen LogP contribution is -2.08. The lowest BCUT2D eigenvalue weighted by molar-refractivity contribution is -0.139. The van der Waals surface area contributed by atoms with Crippen LogP contribution in [0.25, 0.3) is 11.4 Å². The molecule has 0 bridgehead atoms. The number of nitrogens with zero attached hydrogens (tertiary/aromatic N) is 3. The second-order valence-corrected chi connectivity index (χ2v) is 6.24. The van der Waals surface area contributed by atoms with Crippen molar-refractivity contribution in [2.24, 2.45) is 0 Å². The van der Waals surface area contributed by atoms with Gasteiger partial charge in [-0.1, -0.05) is 18.7 Å². The minimum atomic E-state index is -0.224. The van der Waals surface area contributed by atoms with E-state index in [-0.39, 0.29) is 11.7 Å². The van der Waals surface area contributed by atoms with Gasteiger partial charge in [0.15, 0.2) is 11.0 Å². The van der Waals surface area contributed by atoms with Crippen molar-refractivity contribution in [3.63, 3.8) is 0 Å². The van der Waals surface area contributed by atoms with Crippen LogP contribution in [0.1, 0.15) is 25.6 Å². The van der Waals surface area contributed by atoms with E-state index >= 15 is 0 Å². The topological polar surface area (TPSA) is 57.0 Å². The third-order valence-electron chi connectivity index (χ3n) is 2.92. The van der Waals surface area contributed by atoms with Crippen molar-refractivity contribution in [1.29, 1.82) is 0 Å². The molecule has 2 aromatic heterocycles. The van der Waals surface area contributed by atoms with Crippen molar-refractivity contribution >= 4 is 29.1 Å². The summed E-state index contributed by atoms with van der Waals surface area (Å²) in [5.41, 5.74) is 1.09. The largest absolute Gasteiger partial charge is 0.465 e. The molecule has 2 rings (SSSR count). The number of carbonyl (C=O) groups excluding carboxylic acids is 1. The Bertz CT molecular complexity index is 607. The summed E-state index contributed by atoms with van der Waals surface area (Å²) < 4.78 is 6.96. The number of thiophene rings is 1. The van der Waals surface area contributed by atoms with E-state index in [4.69, 9.17) is 4.74 Å². The van der Waals surface area contributed by atoms with Crippen LogP contribution in [0.2, 0.25) is 0 Å². The maximum atomic E-state index is 11.4. The van der Waals surface area contributed by atoms with Gasteiger partial charge in [0.2, 0.25) is 0 Å². The number of thioether (sulfide) groups is 1. The number of esters is 1. The zero-order valence-corrected chi connectivity index (χ0v) is 14.1. The zero-order chi connectivity index (χ0) is 15.2. The minimum Gasteiger partial charge on any atom is -0.465 e. The molecule has 0 aliphatic heterocycles. The van der Waals surface area contributed by atoms with Crippen molar-refractivity contribution in [1.82, 2.24) is 14.8 Å². The summed E-state index contributed by atoms with van der Waals surface area (Å²) in [4.78, 5) is 12.8. The summed E-state index contributed by atoms with van der Waals surface area (Å²) in [6, 6.07) is 2.15. The van der Waals surface area contributed by atoms with Gasteiger partial charge in [-0.25, -0.2) is 0 Å². The van der Waals surface area contributed by atoms with E-state index in [0.717, 1.165) is 29.5 Å². The molecular formula is C14H19N3O2S2. The maximum Gasteiger partial charge on any atom is 0.316 e. The SMILES string of the molecule is CCOC(=O)CSc1nnc(-c2csc(CC)c2)n1CC. The molecule has 0 radical (unpaired) electrons. The Kier molecular flexibility index (Phi) is 5.81. The summed E-state index contributed by atoms with van der Waals surface area (Å²) >= 11 is 3.10. The standard InChI is InChI=1S/C14H19N3O2S2/c1-4-11-7-10(8-20-11)13-15-16-14(17(13)5-2)21-9-12(18)19-6-3/h7-8H,4-6,9H2,1-3H3. The second-order valence-electron chi connectivity index (χ2n) is 4.30. The normalized spacial score (nSPS) is 10.8. The monoisotopic (exact) mass is 325 g/mol. The molecule has 0 aliphatic rings. The Morgan fingerprint density at radius 1 is 1.38 bits per heavy atom. The lowest BCUT2D eigenvalue weighted by atomic mass is 10.2. The third kappa shape index (κ3) is 3.85. The Morgan fingerprint density at radius 2 is 2.19 bits per heavy atom. The van der Waals surface area contributed by atoms with Crippen LogP contribution in [0.5, 0.6) is 0 Å². The minimum absolute atomic E-state index is 0.224. The molecule has 0 saturated heterocycles. The van der Waals surface area contributed by atoms with Gasteiger partial charge in [-0.05, 0) is 26.3 Å². The lowest BCUT2D eigenvalue weighted by Gasteiger charge is -2.06. The molecule has 2 heterocycles. The first kappa shape index (κ1) is 16.0. The Morgan fingerprint density at radius 3 is 2.81 bits per heavy atom. The maximum absolute atomic E-state index is 11.4. The number of rotatable bonds is 7. The molecule has 0 amide bonds. The van der Waals surface area contributed by atoms with Gasteiger partial charge in [-0.3, -0.25) is 4.79 Å². The van der Waals surface area contributed by atoms with Crippen molar-refractivity contribution < 1.29 is 9.53 Å². The summed E-state index contributed by atoms with van der Waals surface area (Å²) in [6.07, 6.45) is 1.02. The predicted octanol–water partition coefficient (Wildman–Crippen LogP) is 3.24. The van der Waals surface area contributed by atoms with Gasteiger partial charge in [-0.15, -0.1) is 21.5 Å². The van der Waals surface area contributed by atoms with Crippen LogP contribution in [-0.2, 0) is 22.5 Å². The van der Waals surface area contributed by atoms with Gasteiger partial charge < -0.3 is 9.30 Å². The molecule has 0 atom stereocenters. The summed E-state index contributed by atoms with van der Waals surface area (Å²) in [5, 5.41) is 11.3. The molecule has 0 N–H and O–H groups in total. The van der Waals surface area contributed by atoms with Gasteiger partial charge in [-0.2, -0.15) is 0 Å². The fourth-order valence-corrected chi connectivity index (χ4v) is 3.52. The average molecular weight is 325 g/mol. The molecule has 5 nitrogen and oxygen atoms in total. The average Bonchev–Trinajstić information content (AvgIpc) is 3.11. The Labute approximate surface area is 132 Å². The van der Waals surface area contributed by atoms with Gasteiger partial charge in [0.05, 0.1) is 12.4 Å². The molecule has 0 unspecified atom stereocenters. The molecular weight excluding hydrogens is 306 g/mol. The Balaban J connectivity index is 2.15. The van der Waals surface area contributed by atoms with Crippen LogP contribution >= 0.6 is 23.1 Å². The number of aromatic nitrogens is 3. The van der Waals surface area contributed by atoms with Crippen molar-refractivity contribution in [2.75, 3.05) is 12.4 Å². The van der Waals surface area contributed by atoms with Crippen LogP contribution in [0.4, 0.5) is 0 Å². The molecule has 0 saturated carbocycles. The van der Waals surface area contributed by atoms with E-state index < -0.39 is 0 Å². The van der Waals surface area contributed by atoms with Crippen molar-refractivity contribution in [2.45, 2.75) is 38.9 Å². The first-order chi connectivity index (χ1) is 10.2. The molecule has 0 fully saturated rings. The fourth-order valence-electron chi connectivity index (χ4n) is 1.90. The fraction of sp³-hybridized carbons (Fsp3) is 0.500. The molecule has 0 spiro atoms. The highest BCUT2D eigenvalue weighted by Gasteiger charge is 2.15. The van der Waals surface area contributed by atoms with Gasteiger partial charge in [0, 0.05) is 22.4 Å². The molecule has 114 valence electrons. The van der Waals surface area contributed by atoms with Crippen molar-refractivity contribution in [3.8, 4) is 11.4 Å². The van der Waals surface area contributed by atoms with Crippen LogP contribution in [-0.4, -0.2) is 33.1 Å². The third-order valence-corrected chi connectivity index (χ3v) is 4.94. The van der Waals surface area contributed by atoms with Gasteiger partial charge in [0.1, 0.15) is 0 Å². The molecule has 0 aliphatic carbocycles. The van der Waals surface area contributed by atoms with E-state index in [9.17, 15) is 4.79 Å². The smallest absolute Gasteiger partial charge is 0.316 e. The van der Waals surface area contributed by atoms with Gasteiger partial charge in [0.25, 0.3) is 0 Å². The van der Waals surface area contributed by atoms with E-state index in [1.165, 1.54) is 16.6 Å². The van der Waals surface area contributed by atoms with Crippen LogP contribution < -0.4 is 0 Å². The summed E-state index contributed by atoms with van der Waals surface area (Å²) in [6.45, 7) is 7.16. The number of carbonyl (C=O) groups is 1. The van der Waals surface area contributed by atoms with Crippen molar-refractivity contribution in [3.05, 3.63) is 16.3 Å². The second kappa shape index (κ2) is 7.61. The number of ether oxygens (including phenoxy) is 1. The molecule has 7 heteroatoms. The van der Waals surface area contributed by atoms with E-state index in [1.807, 2.05) is 11.5 Å². The molecule has 21 heavy (non-hydrogen) atoms. The van der Waals surface area contributed by atoms with E-state index in [0.29, 0.717) is 6.61 Å². The zero-order valence-electron chi connectivity index (χ0n) is 12.5. The quantitative estimate of drug-likeness (QED) is 0.578. The van der Waals surface area contributed by atoms with E-state index in [2.05, 4.69) is 28.6 Å². The number of aryl methyl sites for hydroxylation is 1. The number of hydrogen-bond donors (Lipinski definition) is 0. The highest BCUT2D eigenvalue weighted by Crippen LogP contribution is 2.28. The highest BCUT2D eigenvalue weighted by atomic mass is 32.2. The predicted molar refractivity (Wildman–Crippen MR) is 85.7 cm³/mol. The van der Waals surface area contributed by atoms with E-state index in [1.54, 1.807) is 18.3 Å². The molecule has 2 aromatic rings. The first-order valence-corrected chi connectivity index (χ1v) is 8.85. The van der Waals surface area contributed by atoms with Gasteiger partial charge >= 0.3 is 5.97 Å². The van der Waals surface area contributed by atoms with Crippen LogP contribution in [0.15, 0.2) is 16.6 Å². The summed E-state index contributed by atoms with van der Waals surface area (Å²) in [7, 11) is 0. The number of hydrogen-bond acceptors (Lipinski definition) is 6. The molecule has 0 aromatic carbocycles. The summed E-state index contributed by atoms with van der Waals surface area (Å²) in [5.74, 6) is 0.897. The first-order valence-electron chi connectivity index (χ1n) is 6.98. The Hall–Kier alpha value is -1.34. The van der Waals surface area contributed by atoms with Crippen LogP contribution in [0, 0.1) is 0 Å². The highest BCUT2D eigenvalue weighted by molar-refractivity contribution is 7.99.